The van der Waals surface area contributed by atoms with Crippen molar-refractivity contribution < 1.29 is 4.79 Å². The number of rotatable bonds is 6. The number of hydrogen-bond acceptors (Lipinski definition) is 1. The Bertz CT molecular complexity index is 482. The molecule has 2 nitrogen and oxygen atoms in total. The molecule has 0 heterocycles. The van der Waals surface area contributed by atoms with Gasteiger partial charge in [-0.1, -0.05) is 50.1 Å². The second kappa shape index (κ2) is 7.49. The summed E-state index contributed by atoms with van der Waals surface area (Å²) in [7, 11) is 0. The van der Waals surface area contributed by atoms with Gasteiger partial charge >= 0.3 is 0 Å². The fourth-order valence-corrected chi connectivity index (χ4v) is 2.18. The van der Waals surface area contributed by atoms with Crippen molar-refractivity contribution in [1.82, 2.24) is 0 Å². The van der Waals surface area contributed by atoms with E-state index in [1.54, 1.807) is 4.90 Å². The first-order valence-corrected chi connectivity index (χ1v) is 7.17. The van der Waals surface area contributed by atoms with Crippen molar-refractivity contribution in [2.45, 2.75) is 32.6 Å². The van der Waals surface area contributed by atoms with E-state index in [4.69, 9.17) is 0 Å². The maximum atomic E-state index is 12.5. The lowest BCUT2D eigenvalue weighted by Crippen LogP contribution is -2.25. The quantitative estimate of drug-likeness (QED) is 0.692. The molecule has 0 aliphatic carbocycles. The van der Waals surface area contributed by atoms with Gasteiger partial charge in [-0.2, -0.15) is 0 Å². The molecule has 0 aliphatic heterocycles. The number of unbranched alkanes of at least 4 members (excludes halogenated alkanes) is 2. The molecule has 0 saturated heterocycles. The number of amides is 1. The number of hydrogen-bond donors (Lipinski definition) is 0. The smallest absolute Gasteiger partial charge is 0.231 e. The van der Waals surface area contributed by atoms with E-state index in [9.17, 15) is 4.79 Å². The first-order valence-electron chi connectivity index (χ1n) is 7.17. The van der Waals surface area contributed by atoms with Crippen LogP contribution in [0, 0.1) is 6.07 Å². The molecular formula is C18H20NO. The highest BCUT2D eigenvalue weighted by Crippen LogP contribution is 2.26. The number of para-hydroxylation sites is 1. The van der Waals surface area contributed by atoms with Crippen molar-refractivity contribution >= 4 is 17.3 Å². The summed E-state index contributed by atoms with van der Waals surface area (Å²) in [6, 6.07) is 20.3. The monoisotopic (exact) mass is 266 g/mol. The summed E-state index contributed by atoms with van der Waals surface area (Å²) in [4.78, 5) is 14.3. The normalized spacial score (nSPS) is 10.2. The van der Waals surface area contributed by atoms with Gasteiger partial charge in [-0.05, 0) is 36.8 Å². The van der Waals surface area contributed by atoms with Gasteiger partial charge < -0.3 is 0 Å². The minimum absolute atomic E-state index is 0.149. The Hall–Kier alpha value is -2.09. The second-order valence-electron chi connectivity index (χ2n) is 4.78. The minimum atomic E-state index is 0.149. The predicted octanol–water partition coefficient (Wildman–Crippen LogP) is 4.73. The van der Waals surface area contributed by atoms with Crippen LogP contribution in [0.1, 0.15) is 32.6 Å². The van der Waals surface area contributed by atoms with Gasteiger partial charge in [0, 0.05) is 17.8 Å². The minimum Gasteiger partial charge on any atom is -0.281 e. The van der Waals surface area contributed by atoms with Gasteiger partial charge in [-0.3, -0.25) is 9.69 Å². The highest BCUT2D eigenvalue weighted by Gasteiger charge is 2.16. The molecule has 0 saturated carbocycles. The molecule has 1 radical (unpaired) electrons. The molecule has 0 bridgehead atoms. The van der Waals surface area contributed by atoms with Crippen LogP contribution < -0.4 is 4.90 Å². The van der Waals surface area contributed by atoms with Crippen molar-refractivity contribution in [1.29, 1.82) is 0 Å². The average molecular weight is 266 g/mol. The number of nitrogens with zero attached hydrogens (tertiary/aromatic N) is 1. The molecule has 0 aromatic heterocycles. The lowest BCUT2D eigenvalue weighted by atomic mass is 10.1. The lowest BCUT2D eigenvalue weighted by molar-refractivity contribution is -0.118. The maximum absolute atomic E-state index is 12.5. The SMILES string of the molecule is CCCCCC(=O)N(c1cc[c]cc1)c1ccccc1. The van der Waals surface area contributed by atoms with Crippen LogP contribution in [0.4, 0.5) is 11.4 Å². The fourth-order valence-electron chi connectivity index (χ4n) is 2.18. The number of carbonyl (C=O) groups excluding carboxylic acids is 1. The maximum Gasteiger partial charge on any atom is 0.231 e. The third-order valence-corrected chi connectivity index (χ3v) is 3.22. The molecule has 1 amide bonds. The van der Waals surface area contributed by atoms with Crippen LogP contribution in [0.3, 0.4) is 0 Å². The predicted molar refractivity (Wildman–Crippen MR) is 83.0 cm³/mol. The molecule has 2 heteroatoms. The molecule has 0 unspecified atom stereocenters. The molecule has 2 aromatic carbocycles. The third kappa shape index (κ3) is 3.70. The van der Waals surface area contributed by atoms with E-state index in [2.05, 4.69) is 13.0 Å². The summed E-state index contributed by atoms with van der Waals surface area (Å²) in [6.45, 7) is 2.15. The molecule has 2 aromatic rings. The number of benzene rings is 2. The van der Waals surface area contributed by atoms with E-state index < -0.39 is 0 Å². The summed E-state index contributed by atoms with van der Waals surface area (Å²) in [5.41, 5.74) is 1.82. The molecule has 103 valence electrons. The molecule has 0 atom stereocenters. The van der Waals surface area contributed by atoms with Crippen LogP contribution in [0.25, 0.3) is 0 Å². The highest BCUT2D eigenvalue weighted by molar-refractivity contribution is 6.00. The molecule has 0 spiro atoms. The van der Waals surface area contributed by atoms with Crippen LogP contribution >= 0.6 is 0 Å². The van der Waals surface area contributed by atoms with Crippen molar-refractivity contribution in [3.8, 4) is 0 Å². The Balaban J connectivity index is 2.23. The van der Waals surface area contributed by atoms with Crippen molar-refractivity contribution in [3.05, 3.63) is 60.7 Å². The zero-order valence-electron chi connectivity index (χ0n) is 11.9. The van der Waals surface area contributed by atoms with Gasteiger partial charge in [-0.15, -0.1) is 0 Å². The van der Waals surface area contributed by atoms with Crippen molar-refractivity contribution in [2.24, 2.45) is 0 Å². The average Bonchev–Trinajstić information content (AvgIpc) is 2.50. The zero-order valence-corrected chi connectivity index (χ0v) is 11.9. The van der Waals surface area contributed by atoms with Crippen LogP contribution in [0.2, 0.25) is 0 Å². The summed E-state index contributed by atoms with van der Waals surface area (Å²) >= 11 is 0. The van der Waals surface area contributed by atoms with E-state index >= 15 is 0 Å². The third-order valence-electron chi connectivity index (χ3n) is 3.22. The van der Waals surface area contributed by atoms with E-state index in [0.717, 1.165) is 30.6 Å². The van der Waals surface area contributed by atoms with E-state index in [0.29, 0.717) is 6.42 Å². The van der Waals surface area contributed by atoms with E-state index in [1.807, 2.05) is 54.6 Å². The van der Waals surface area contributed by atoms with Gasteiger partial charge in [0.2, 0.25) is 5.91 Å². The van der Waals surface area contributed by atoms with Gasteiger partial charge in [0.1, 0.15) is 0 Å². The van der Waals surface area contributed by atoms with Crippen molar-refractivity contribution in [2.75, 3.05) is 4.90 Å². The lowest BCUT2D eigenvalue weighted by Gasteiger charge is -2.23. The summed E-state index contributed by atoms with van der Waals surface area (Å²) in [5, 5.41) is 0. The Morgan fingerprint density at radius 3 is 2.30 bits per heavy atom. The molecule has 0 fully saturated rings. The molecule has 0 aliphatic rings. The largest absolute Gasteiger partial charge is 0.281 e. The van der Waals surface area contributed by atoms with Gasteiger partial charge in [-0.25, -0.2) is 0 Å². The first kappa shape index (κ1) is 14.3. The highest BCUT2D eigenvalue weighted by atomic mass is 16.2. The second-order valence-corrected chi connectivity index (χ2v) is 4.78. The Labute approximate surface area is 121 Å². The van der Waals surface area contributed by atoms with Crippen LogP contribution in [-0.2, 0) is 4.79 Å². The standard InChI is InChI=1S/C18H20NO/c1-2-3-6-15-18(20)19(16-11-7-4-8-12-16)17-13-9-5-10-14-17/h4,7-14H,2-3,6,15H2,1H3. The zero-order chi connectivity index (χ0) is 14.2. The van der Waals surface area contributed by atoms with Gasteiger partial charge in [0.25, 0.3) is 0 Å². The van der Waals surface area contributed by atoms with Gasteiger partial charge in [0.05, 0.1) is 0 Å². The molecule has 2 rings (SSSR count). The molecular weight excluding hydrogens is 246 g/mol. The van der Waals surface area contributed by atoms with Crippen LogP contribution in [-0.4, -0.2) is 5.91 Å². The number of carbonyl (C=O) groups is 1. The van der Waals surface area contributed by atoms with Crippen molar-refractivity contribution in [3.63, 3.8) is 0 Å². The Morgan fingerprint density at radius 1 is 1.00 bits per heavy atom. The topological polar surface area (TPSA) is 20.3 Å². The fraction of sp³-hybridized carbons (Fsp3) is 0.278. The summed E-state index contributed by atoms with van der Waals surface area (Å²) in [6.07, 6.45) is 3.74. The molecule has 0 N–H and O–H groups in total. The van der Waals surface area contributed by atoms with E-state index in [1.165, 1.54) is 0 Å². The van der Waals surface area contributed by atoms with Crippen LogP contribution in [0.15, 0.2) is 54.6 Å². The summed E-state index contributed by atoms with van der Waals surface area (Å²) < 4.78 is 0. The first-order chi connectivity index (χ1) is 9.83. The Kier molecular flexibility index (Phi) is 5.36. The Morgan fingerprint density at radius 2 is 1.65 bits per heavy atom. The van der Waals surface area contributed by atoms with E-state index in [-0.39, 0.29) is 5.91 Å². The number of anilines is 2. The molecule has 20 heavy (non-hydrogen) atoms. The van der Waals surface area contributed by atoms with Crippen LogP contribution in [0.5, 0.6) is 0 Å². The summed E-state index contributed by atoms with van der Waals surface area (Å²) in [5.74, 6) is 0.149. The van der Waals surface area contributed by atoms with Gasteiger partial charge in [0.15, 0.2) is 0 Å².